The molecule has 2 heterocycles. The molecule has 2 aromatic heterocycles. The fraction of sp³-hybridized carbons (Fsp3) is 0.0952. The summed E-state index contributed by atoms with van der Waals surface area (Å²) in [5, 5.41) is 13.0. The highest BCUT2D eigenvalue weighted by Crippen LogP contribution is 2.29. The lowest BCUT2D eigenvalue weighted by Gasteiger charge is -2.05. The molecule has 1 amide bonds. The molecule has 0 atom stereocenters. The number of rotatable bonds is 5. The van der Waals surface area contributed by atoms with Gasteiger partial charge in [-0.1, -0.05) is 24.3 Å². The number of benzene rings is 2. The summed E-state index contributed by atoms with van der Waals surface area (Å²) in [4.78, 5) is 17.1. The number of methoxy groups -OCH3 is 1. The van der Waals surface area contributed by atoms with Crippen molar-refractivity contribution in [2.24, 2.45) is 0 Å². The van der Waals surface area contributed by atoms with Gasteiger partial charge in [0.1, 0.15) is 11.4 Å². The zero-order valence-corrected chi connectivity index (χ0v) is 16.2. The lowest BCUT2D eigenvalue weighted by atomic mass is 10.1. The second-order valence-corrected chi connectivity index (χ2v) is 7.22. The number of aromatic nitrogens is 3. The van der Waals surface area contributed by atoms with Crippen LogP contribution in [0.1, 0.15) is 15.5 Å². The maximum absolute atomic E-state index is 12.6. The van der Waals surface area contributed by atoms with Gasteiger partial charge in [0.2, 0.25) is 0 Å². The zero-order valence-electron chi connectivity index (χ0n) is 15.4. The van der Waals surface area contributed by atoms with Crippen molar-refractivity contribution in [2.75, 3.05) is 12.4 Å². The van der Waals surface area contributed by atoms with Crippen LogP contribution in [0.4, 0.5) is 5.69 Å². The maximum Gasteiger partial charge on any atom is 0.273 e. The summed E-state index contributed by atoms with van der Waals surface area (Å²) in [6, 6.07) is 16.9. The van der Waals surface area contributed by atoms with Crippen LogP contribution in [0.2, 0.25) is 0 Å². The monoisotopic (exact) mass is 390 g/mol. The van der Waals surface area contributed by atoms with Gasteiger partial charge in [0.05, 0.1) is 23.5 Å². The molecule has 0 fully saturated rings. The highest BCUT2D eigenvalue weighted by atomic mass is 32.1. The molecule has 0 radical (unpaired) electrons. The number of amides is 1. The quantitative estimate of drug-likeness (QED) is 0.514. The van der Waals surface area contributed by atoms with Gasteiger partial charge in [0.15, 0.2) is 0 Å². The number of para-hydroxylation sites is 1. The van der Waals surface area contributed by atoms with Gasteiger partial charge in [-0.25, -0.2) is 4.98 Å². The first-order chi connectivity index (χ1) is 13.6. The number of nitrogens with one attached hydrogen (secondary N) is 2. The van der Waals surface area contributed by atoms with Crippen molar-refractivity contribution >= 4 is 22.9 Å². The number of H-pyrrole nitrogens is 1. The Morgan fingerprint density at radius 1 is 1.11 bits per heavy atom. The number of hydrogen-bond acceptors (Lipinski definition) is 5. The van der Waals surface area contributed by atoms with Crippen molar-refractivity contribution in [3.8, 4) is 28.3 Å². The molecule has 6 nitrogen and oxygen atoms in total. The number of aryl methyl sites for hydroxylation is 1. The van der Waals surface area contributed by atoms with E-state index >= 15 is 0 Å². The summed E-state index contributed by atoms with van der Waals surface area (Å²) in [6.07, 6.45) is 0. The van der Waals surface area contributed by atoms with Crippen LogP contribution in [0.5, 0.6) is 5.75 Å². The Bertz CT molecular complexity index is 1130. The van der Waals surface area contributed by atoms with Gasteiger partial charge in [-0.2, -0.15) is 5.10 Å². The number of anilines is 1. The minimum Gasteiger partial charge on any atom is -0.496 e. The Kier molecular flexibility index (Phi) is 4.90. The van der Waals surface area contributed by atoms with E-state index in [1.54, 1.807) is 24.5 Å². The summed E-state index contributed by atoms with van der Waals surface area (Å²) in [5.74, 6) is 0.437. The van der Waals surface area contributed by atoms with Crippen molar-refractivity contribution in [1.82, 2.24) is 15.2 Å². The smallest absolute Gasteiger partial charge is 0.273 e. The summed E-state index contributed by atoms with van der Waals surface area (Å²) >= 11 is 1.60. The predicted octanol–water partition coefficient (Wildman–Crippen LogP) is 4.77. The first-order valence-corrected chi connectivity index (χ1v) is 9.55. The summed E-state index contributed by atoms with van der Waals surface area (Å²) in [5.41, 5.74) is 4.40. The topological polar surface area (TPSA) is 79.9 Å². The van der Waals surface area contributed by atoms with Crippen LogP contribution >= 0.6 is 11.3 Å². The number of nitrogens with zero attached hydrogens (tertiary/aromatic N) is 2. The fourth-order valence-electron chi connectivity index (χ4n) is 2.88. The van der Waals surface area contributed by atoms with Crippen LogP contribution in [0.3, 0.4) is 0 Å². The SMILES string of the molecule is COc1ccccc1-c1cc(C(=O)Nc2cccc(-c3csc(C)n3)c2)[nH]n1. The fourth-order valence-corrected chi connectivity index (χ4v) is 3.51. The van der Waals surface area contributed by atoms with E-state index in [9.17, 15) is 4.79 Å². The Morgan fingerprint density at radius 3 is 2.75 bits per heavy atom. The number of ether oxygens (including phenoxy) is 1. The summed E-state index contributed by atoms with van der Waals surface area (Å²) < 4.78 is 5.36. The molecule has 4 rings (SSSR count). The van der Waals surface area contributed by atoms with Crippen molar-refractivity contribution in [3.63, 3.8) is 0 Å². The van der Waals surface area contributed by atoms with Crippen LogP contribution in [0.25, 0.3) is 22.5 Å². The molecule has 2 aromatic carbocycles. The lowest BCUT2D eigenvalue weighted by Crippen LogP contribution is -2.12. The standard InChI is InChI=1S/C21H18N4O2S/c1-13-22-19(12-28-13)14-6-5-7-15(10-14)23-21(26)18-11-17(24-25-18)16-8-3-4-9-20(16)27-2/h3-12H,1-2H3,(H,23,26)(H,24,25). The van der Waals surface area contributed by atoms with Crippen LogP contribution in [-0.4, -0.2) is 28.2 Å². The lowest BCUT2D eigenvalue weighted by molar-refractivity contribution is 0.102. The molecule has 0 unspecified atom stereocenters. The van der Waals surface area contributed by atoms with E-state index in [1.165, 1.54) is 0 Å². The number of hydrogen-bond donors (Lipinski definition) is 2. The van der Waals surface area contributed by atoms with Gasteiger partial charge >= 0.3 is 0 Å². The predicted molar refractivity (Wildman–Crippen MR) is 111 cm³/mol. The van der Waals surface area contributed by atoms with Crippen LogP contribution in [0, 0.1) is 6.92 Å². The minimum atomic E-state index is -0.264. The second kappa shape index (κ2) is 7.66. The van der Waals surface area contributed by atoms with Crippen molar-refractivity contribution < 1.29 is 9.53 Å². The van der Waals surface area contributed by atoms with E-state index in [0.717, 1.165) is 21.8 Å². The van der Waals surface area contributed by atoms with E-state index in [1.807, 2.05) is 60.8 Å². The maximum atomic E-state index is 12.6. The molecule has 0 aliphatic carbocycles. The number of thiazole rings is 1. The molecule has 2 N–H and O–H groups in total. The van der Waals surface area contributed by atoms with Crippen molar-refractivity contribution in [1.29, 1.82) is 0 Å². The normalized spacial score (nSPS) is 10.6. The summed E-state index contributed by atoms with van der Waals surface area (Å²) in [7, 11) is 1.61. The molecular formula is C21H18N4O2S. The zero-order chi connectivity index (χ0) is 19.5. The molecule has 4 aromatic rings. The highest BCUT2D eigenvalue weighted by Gasteiger charge is 2.14. The van der Waals surface area contributed by atoms with E-state index in [4.69, 9.17) is 4.74 Å². The second-order valence-electron chi connectivity index (χ2n) is 6.15. The van der Waals surface area contributed by atoms with Crippen LogP contribution in [0.15, 0.2) is 60.0 Å². The molecular weight excluding hydrogens is 372 g/mol. The summed E-state index contributed by atoms with van der Waals surface area (Å²) in [6.45, 7) is 1.97. The van der Waals surface area contributed by atoms with Gasteiger partial charge in [0, 0.05) is 22.2 Å². The molecule has 0 aliphatic heterocycles. The minimum absolute atomic E-state index is 0.264. The molecule has 7 heteroatoms. The number of carbonyl (C=O) groups is 1. The third kappa shape index (κ3) is 3.65. The van der Waals surface area contributed by atoms with E-state index in [-0.39, 0.29) is 5.91 Å². The average Bonchev–Trinajstić information content (AvgIpc) is 3.37. The van der Waals surface area contributed by atoms with E-state index < -0.39 is 0 Å². The Hall–Kier alpha value is -3.45. The number of carbonyl (C=O) groups excluding carboxylic acids is 1. The van der Waals surface area contributed by atoms with Crippen LogP contribution < -0.4 is 10.1 Å². The number of aromatic amines is 1. The first kappa shape index (κ1) is 17.9. The Morgan fingerprint density at radius 2 is 1.96 bits per heavy atom. The van der Waals surface area contributed by atoms with Gasteiger partial charge < -0.3 is 10.1 Å². The molecule has 140 valence electrons. The van der Waals surface area contributed by atoms with Gasteiger partial charge in [0.25, 0.3) is 5.91 Å². The molecule has 0 aliphatic rings. The Labute approximate surface area is 166 Å². The Balaban J connectivity index is 1.54. The van der Waals surface area contributed by atoms with Crippen molar-refractivity contribution in [3.05, 3.63) is 70.7 Å². The largest absolute Gasteiger partial charge is 0.496 e. The van der Waals surface area contributed by atoms with Crippen molar-refractivity contribution in [2.45, 2.75) is 6.92 Å². The first-order valence-electron chi connectivity index (χ1n) is 8.67. The molecule has 0 saturated carbocycles. The molecule has 0 spiro atoms. The van der Waals surface area contributed by atoms with Gasteiger partial charge in [-0.05, 0) is 37.3 Å². The molecule has 0 saturated heterocycles. The highest BCUT2D eigenvalue weighted by molar-refractivity contribution is 7.09. The molecule has 0 bridgehead atoms. The average molecular weight is 390 g/mol. The van der Waals surface area contributed by atoms with Crippen LogP contribution in [-0.2, 0) is 0 Å². The third-order valence-corrected chi connectivity index (χ3v) is 5.01. The van der Waals surface area contributed by atoms with Gasteiger partial charge in [-0.15, -0.1) is 11.3 Å². The van der Waals surface area contributed by atoms with Gasteiger partial charge in [-0.3, -0.25) is 9.89 Å². The third-order valence-electron chi connectivity index (χ3n) is 4.24. The van der Waals surface area contributed by atoms with E-state index in [0.29, 0.717) is 22.8 Å². The molecule has 28 heavy (non-hydrogen) atoms. The van der Waals surface area contributed by atoms with E-state index in [2.05, 4.69) is 20.5 Å².